The van der Waals surface area contributed by atoms with E-state index in [1.165, 1.54) is 6.26 Å². The molecular weight excluding hydrogens is 340 g/mol. The summed E-state index contributed by atoms with van der Waals surface area (Å²) in [6.07, 6.45) is -8.48. The summed E-state index contributed by atoms with van der Waals surface area (Å²) in [5.41, 5.74) is -4.11. The third-order valence-electron chi connectivity index (χ3n) is 2.51. The molecule has 0 unspecified atom stereocenters. The van der Waals surface area contributed by atoms with Gasteiger partial charge in [0, 0.05) is 0 Å². The lowest BCUT2D eigenvalue weighted by atomic mass is 10.1. The Labute approximate surface area is 121 Å². The van der Waals surface area contributed by atoms with Crippen molar-refractivity contribution in [1.29, 1.82) is 0 Å². The number of thioether (sulfide) groups is 1. The summed E-state index contributed by atoms with van der Waals surface area (Å²) in [6.45, 7) is 0. The predicted molar refractivity (Wildman–Crippen MR) is 67.7 cm³/mol. The first kappa shape index (κ1) is 16.1. The van der Waals surface area contributed by atoms with Crippen LogP contribution in [0.2, 0.25) is 0 Å². The third kappa shape index (κ3) is 3.15. The van der Waals surface area contributed by atoms with Gasteiger partial charge >= 0.3 is 12.4 Å². The van der Waals surface area contributed by atoms with Crippen LogP contribution < -0.4 is 5.56 Å². The topological polar surface area (TPSA) is 30.0 Å². The number of rotatable bonds is 1. The van der Waals surface area contributed by atoms with Crippen molar-refractivity contribution in [3.63, 3.8) is 0 Å². The summed E-state index contributed by atoms with van der Waals surface area (Å²) in [7, 11) is 0. The highest BCUT2D eigenvalue weighted by Crippen LogP contribution is 2.41. The zero-order valence-corrected chi connectivity index (χ0v) is 11.7. The van der Waals surface area contributed by atoms with E-state index in [1.54, 1.807) is 0 Å². The minimum Gasteiger partial charge on any atom is -0.267 e. The molecule has 0 aliphatic heterocycles. The quantitative estimate of drug-likeness (QED) is 0.566. The minimum atomic E-state index is -5.00. The molecule has 0 amide bonds. The van der Waals surface area contributed by atoms with Gasteiger partial charge in [0.2, 0.25) is 0 Å². The van der Waals surface area contributed by atoms with Crippen LogP contribution in [0.5, 0.6) is 0 Å². The van der Waals surface area contributed by atoms with Gasteiger partial charge in [0.05, 0.1) is 21.2 Å². The van der Waals surface area contributed by atoms with Gasteiger partial charge in [-0.3, -0.25) is 4.79 Å². The van der Waals surface area contributed by atoms with E-state index in [4.69, 9.17) is 0 Å². The number of aromatic nitrogens is 1. The zero-order chi connectivity index (χ0) is 16.0. The Kier molecular flexibility index (Phi) is 3.96. The molecular formula is C11H5F6NOS2. The summed E-state index contributed by atoms with van der Waals surface area (Å²) in [5.74, 6) is 0. The fraction of sp³-hybridized carbons (Fsp3) is 0.273. The van der Waals surface area contributed by atoms with Crippen molar-refractivity contribution in [2.24, 2.45) is 0 Å². The Morgan fingerprint density at radius 1 is 1.10 bits per heavy atom. The maximum absolute atomic E-state index is 13.0. The molecule has 1 aromatic carbocycles. The summed E-state index contributed by atoms with van der Waals surface area (Å²) >= 11 is 1.48. The normalized spacial score (nSPS) is 12.9. The number of nitrogens with zero attached hydrogens (tertiary/aromatic N) is 1. The second-order valence-electron chi connectivity index (χ2n) is 3.89. The molecule has 21 heavy (non-hydrogen) atoms. The number of halogens is 6. The van der Waals surface area contributed by atoms with E-state index in [2.05, 4.69) is 4.98 Å². The number of alkyl halides is 6. The van der Waals surface area contributed by atoms with Crippen molar-refractivity contribution < 1.29 is 26.3 Å². The molecule has 2 aromatic rings. The number of benzene rings is 1. The highest BCUT2D eigenvalue weighted by molar-refractivity contribution is 8.00. The molecule has 0 radical (unpaired) electrons. The Morgan fingerprint density at radius 3 is 2.19 bits per heavy atom. The third-order valence-corrected chi connectivity index (χ3v) is 4.61. The minimum absolute atomic E-state index is 0.0162. The molecule has 0 saturated heterocycles. The van der Waals surface area contributed by atoms with Crippen LogP contribution in [0.1, 0.15) is 11.1 Å². The van der Waals surface area contributed by atoms with Crippen molar-refractivity contribution in [2.75, 3.05) is 6.26 Å². The van der Waals surface area contributed by atoms with Crippen LogP contribution in [0.4, 0.5) is 26.3 Å². The molecule has 10 heteroatoms. The first-order valence-electron chi connectivity index (χ1n) is 5.21. The van der Waals surface area contributed by atoms with Gasteiger partial charge in [0.25, 0.3) is 5.56 Å². The van der Waals surface area contributed by atoms with Gasteiger partial charge in [0.1, 0.15) is 0 Å². The molecule has 114 valence electrons. The first-order valence-corrected chi connectivity index (χ1v) is 7.25. The van der Waals surface area contributed by atoms with Crippen molar-refractivity contribution in [1.82, 2.24) is 4.98 Å². The van der Waals surface area contributed by atoms with E-state index < -0.39 is 39.1 Å². The van der Waals surface area contributed by atoms with Gasteiger partial charge in [-0.25, -0.2) is 0 Å². The molecule has 1 heterocycles. The van der Waals surface area contributed by atoms with Gasteiger partial charge in [-0.15, -0.1) is 11.3 Å². The standard InChI is InChI=1S/C11H5F6NOS2/c1-20-9-18-8(19)5-2-4(10(12,13)14)3-6(7(5)21-9)11(15,16)17/h2-3H,1H3. The van der Waals surface area contributed by atoms with Crippen molar-refractivity contribution >= 4 is 33.2 Å². The van der Waals surface area contributed by atoms with Crippen LogP contribution in [0, 0.1) is 0 Å². The van der Waals surface area contributed by atoms with Crippen LogP contribution in [-0.4, -0.2) is 11.2 Å². The molecule has 0 aliphatic rings. The summed E-state index contributed by atoms with van der Waals surface area (Å²) in [4.78, 5) is 15.1. The average Bonchev–Trinajstić information content (AvgIpc) is 2.35. The van der Waals surface area contributed by atoms with Crippen molar-refractivity contribution in [2.45, 2.75) is 16.7 Å². The lowest BCUT2D eigenvalue weighted by Crippen LogP contribution is -2.15. The lowest BCUT2D eigenvalue weighted by Gasteiger charge is -2.14. The largest absolute Gasteiger partial charge is 0.417 e. The van der Waals surface area contributed by atoms with Crippen LogP contribution in [0.3, 0.4) is 0 Å². The van der Waals surface area contributed by atoms with Gasteiger partial charge in [0.15, 0.2) is 4.34 Å². The maximum atomic E-state index is 13.0. The van der Waals surface area contributed by atoms with E-state index in [0.29, 0.717) is 17.4 Å². The van der Waals surface area contributed by atoms with E-state index in [9.17, 15) is 31.1 Å². The SMILES string of the molecule is CSc1nc(=O)c2cc(C(F)(F)F)cc(C(F)(F)F)c2s1. The summed E-state index contributed by atoms with van der Waals surface area (Å²) in [5, 5.41) is -0.681. The fourth-order valence-corrected chi connectivity index (χ4v) is 3.21. The van der Waals surface area contributed by atoms with Crippen LogP contribution in [-0.2, 0) is 12.4 Å². The van der Waals surface area contributed by atoms with E-state index >= 15 is 0 Å². The summed E-state index contributed by atoms with van der Waals surface area (Å²) < 4.78 is 76.4. The fourth-order valence-electron chi connectivity index (χ4n) is 1.61. The van der Waals surface area contributed by atoms with Crippen LogP contribution in [0.15, 0.2) is 21.3 Å². The van der Waals surface area contributed by atoms with Crippen LogP contribution in [0.25, 0.3) is 10.1 Å². The molecule has 0 aliphatic carbocycles. The molecule has 0 N–H and O–H groups in total. The second-order valence-corrected chi connectivity index (χ2v) is 5.94. The Bertz CT molecular complexity index is 749. The molecule has 2 rings (SSSR count). The van der Waals surface area contributed by atoms with Crippen molar-refractivity contribution in [3.8, 4) is 0 Å². The smallest absolute Gasteiger partial charge is 0.267 e. The zero-order valence-electron chi connectivity index (χ0n) is 10.1. The van der Waals surface area contributed by atoms with E-state index in [1.807, 2.05) is 0 Å². The molecule has 0 bridgehead atoms. The monoisotopic (exact) mass is 345 g/mol. The summed E-state index contributed by atoms with van der Waals surface area (Å²) in [6, 6.07) is 0.420. The molecule has 2 nitrogen and oxygen atoms in total. The maximum Gasteiger partial charge on any atom is 0.417 e. The second kappa shape index (κ2) is 5.16. The van der Waals surface area contributed by atoms with Gasteiger partial charge in [-0.05, 0) is 18.4 Å². The van der Waals surface area contributed by atoms with E-state index in [0.717, 1.165) is 11.8 Å². The Morgan fingerprint density at radius 2 is 1.71 bits per heavy atom. The number of fused-ring (bicyclic) bond motifs is 1. The number of hydrogen-bond acceptors (Lipinski definition) is 4. The lowest BCUT2D eigenvalue weighted by molar-refractivity contribution is -0.142. The van der Waals surface area contributed by atoms with Gasteiger partial charge < -0.3 is 0 Å². The average molecular weight is 345 g/mol. The van der Waals surface area contributed by atoms with Gasteiger partial charge in [-0.1, -0.05) is 11.8 Å². The van der Waals surface area contributed by atoms with Crippen molar-refractivity contribution in [3.05, 3.63) is 33.6 Å². The molecule has 0 spiro atoms. The Balaban J connectivity index is 2.95. The van der Waals surface area contributed by atoms with E-state index in [-0.39, 0.29) is 10.4 Å². The molecule has 1 aromatic heterocycles. The molecule has 0 atom stereocenters. The highest BCUT2D eigenvalue weighted by atomic mass is 32.2. The molecule has 0 saturated carbocycles. The first-order chi connectivity index (χ1) is 9.54. The number of hydrogen-bond donors (Lipinski definition) is 0. The highest BCUT2D eigenvalue weighted by Gasteiger charge is 2.38. The molecule has 0 fully saturated rings. The van der Waals surface area contributed by atoms with Gasteiger partial charge in [-0.2, -0.15) is 31.3 Å². The van der Waals surface area contributed by atoms with Crippen LogP contribution >= 0.6 is 23.1 Å². The predicted octanol–water partition coefficient (Wildman–Crippen LogP) is 4.42. The Hall–Kier alpha value is -1.29.